The van der Waals surface area contributed by atoms with Crippen LogP contribution in [0.15, 0.2) is 109 Å². The largest absolute Gasteiger partial charge is 0.376 e. The molecule has 8 aromatic rings. The van der Waals surface area contributed by atoms with E-state index in [1.165, 1.54) is 158 Å². The van der Waals surface area contributed by atoms with E-state index in [1.54, 1.807) is 0 Å². The van der Waals surface area contributed by atoms with Gasteiger partial charge in [0.15, 0.2) is 0 Å². The van der Waals surface area contributed by atoms with Gasteiger partial charge in [-0.15, -0.1) is 11.3 Å². The summed E-state index contributed by atoms with van der Waals surface area (Å²) in [6, 6.07) is 44.4. The molecule has 3 aliphatic carbocycles. The van der Waals surface area contributed by atoms with Crippen molar-refractivity contribution in [3.63, 3.8) is 0 Å². The van der Waals surface area contributed by atoms with Gasteiger partial charge in [0, 0.05) is 65.0 Å². The van der Waals surface area contributed by atoms with Crippen LogP contribution in [0.3, 0.4) is 0 Å². The van der Waals surface area contributed by atoms with Crippen molar-refractivity contribution < 1.29 is 0 Å². The molecule has 7 aromatic carbocycles. The normalized spacial score (nSPS) is 20.3. The summed E-state index contributed by atoms with van der Waals surface area (Å²) in [5, 5.41) is 2.79. The Labute approximate surface area is 414 Å². The first kappa shape index (κ1) is 42.3. The van der Waals surface area contributed by atoms with E-state index < -0.39 is 0 Å². The monoisotopic (exact) mass is 916 g/mol. The Morgan fingerprint density at radius 1 is 0.435 bits per heavy atom. The molecule has 0 amide bonds. The number of rotatable bonds is 1. The fraction of sp³-hybridized carbons (Fsp3) is 0.354. The highest BCUT2D eigenvalue weighted by atomic mass is 32.1. The van der Waals surface area contributed by atoms with Crippen LogP contribution in [0, 0.1) is 6.92 Å². The van der Waals surface area contributed by atoms with Gasteiger partial charge in [-0.2, -0.15) is 0 Å². The average molecular weight is 917 g/mol. The van der Waals surface area contributed by atoms with Crippen molar-refractivity contribution in [1.82, 2.24) is 0 Å². The summed E-state index contributed by atoms with van der Waals surface area (Å²) in [5.41, 5.74) is 28.2. The Bertz CT molecular complexity index is 3670. The van der Waals surface area contributed by atoms with Gasteiger partial charge in [0.1, 0.15) is 0 Å². The zero-order valence-corrected chi connectivity index (χ0v) is 43.9. The average Bonchev–Trinajstić information content (AvgIpc) is 3.78. The van der Waals surface area contributed by atoms with Crippen LogP contribution in [0.2, 0.25) is 0 Å². The highest BCUT2D eigenvalue weighted by Crippen LogP contribution is 2.62. The second kappa shape index (κ2) is 13.0. The van der Waals surface area contributed by atoms with E-state index in [9.17, 15) is 0 Å². The van der Waals surface area contributed by atoms with Crippen LogP contribution in [-0.2, 0) is 32.5 Å². The maximum atomic E-state index is 2.83. The molecule has 0 fully saturated rings. The minimum Gasteiger partial charge on any atom is -0.376 e. The van der Waals surface area contributed by atoms with E-state index >= 15 is 0 Å². The Morgan fingerprint density at radius 2 is 1.00 bits per heavy atom. The summed E-state index contributed by atoms with van der Waals surface area (Å²) in [6.45, 7) is 32.1. The molecular formula is C65H65BN2S. The van der Waals surface area contributed by atoms with E-state index in [0.717, 1.165) is 0 Å². The Hall–Kier alpha value is -5.58. The standard InChI is InChI=1S/C65H65BN2S/c1-36-29-46-48(62(6,7)27-25-60(46,2)3)33-52(36)67-53-32-40-39-31-47-49(63(8,9)28-26-61(47,4)5)34-54(39)69-55(40)35-50(53)66-57-42(30-41-37-19-14-15-21-43(37)65(12,13)56(41)59(57)67)38-20-18-23-45-58(38)68(66)51-24-17-16-22-44(51)64(45,10)11/h14-24,29-35H,25-28H2,1-13H3. The van der Waals surface area contributed by atoms with Gasteiger partial charge in [0.2, 0.25) is 0 Å². The summed E-state index contributed by atoms with van der Waals surface area (Å²) in [7, 11) is 0. The fourth-order valence-electron chi connectivity index (χ4n) is 15.0. The van der Waals surface area contributed by atoms with Crippen molar-refractivity contribution in [1.29, 1.82) is 0 Å². The van der Waals surface area contributed by atoms with Crippen LogP contribution in [0.5, 0.6) is 0 Å². The summed E-state index contributed by atoms with van der Waals surface area (Å²) >= 11 is 2.01. The third-order valence-corrected chi connectivity index (χ3v) is 20.3. The lowest BCUT2D eigenvalue weighted by molar-refractivity contribution is 0.332. The molecule has 0 unspecified atom stereocenters. The quantitative estimate of drug-likeness (QED) is 0.151. The van der Waals surface area contributed by atoms with E-state index in [0.29, 0.717) is 0 Å². The van der Waals surface area contributed by atoms with Gasteiger partial charge < -0.3 is 9.71 Å². The van der Waals surface area contributed by atoms with Crippen LogP contribution >= 0.6 is 11.3 Å². The number of fused-ring (bicyclic) bond motifs is 15. The molecule has 4 heterocycles. The first-order valence-electron chi connectivity index (χ1n) is 26.0. The van der Waals surface area contributed by atoms with Crippen LogP contribution in [0.1, 0.15) is 159 Å². The third-order valence-electron chi connectivity index (χ3n) is 19.2. The summed E-state index contributed by atoms with van der Waals surface area (Å²) in [5.74, 6) is 0. The molecule has 1 aromatic heterocycles. The zero-order valence-electron chi connectivity index (χ0n) is 43.1. The van der Waals surface area contributed by atoms with Gasteiger partial charge in [-0.05, 0) is 174 Å². The summed E-state index contributed by atoms with van der Waals surface area (Å²) in [4.78, 5) is 5.64. The van der Waals surface area contributed by atoms with Crippen LogP contribution in [-0.4, -0.2) is 6.85 Å². The Morgan fingerprint density at radius 3 is 1.71 bits per heavy atom. The number of hydrogen-bond acceptors (Lipinski definition) is 3. The number of hydrogen-bond donors (Lipinski definition) is 0. The van der Waals surface area contributed by atoms with Crippen molar-refractivity contribution in [3.05, 3.63) is 159 Å². The molecule has 6 aliphatic rings. The van der Waals surface area contributed by atoms with Crippen molar-refractivity contribution in [2.45, 2.75) is 148 Å². The number of nitrogens with zero attached hydrogens (tertiary/aromatic N) is 2. The van der Waals surface area contributed by atoms with Gasteiger partial charge in [0.25, 0.3) is 0 Å². The predicted molar refractivity (Wildman–Crippen MR) is 298 cm³/mol. The lowest BCUT2D eigenvalue weighted by Crippen LogP contribution is -2.63. The van der Waals surface area contributed by atoms with E-state index in [4.69, 9.17) is 0 Å². The van der Waals surface area contributed by atoms with Gasteiger partial charge in [0.05, 0.1) is 0 Å². The molecule has 14 rings (SSSR count). The molecule has 3 aliphatic heterocycles. The maximum Gasteiger partial charge on any atom is 0.333 e. The molecular weight excluding hydrogens is 852 g/mol. The number of benzene rings is 7. The van der Waals surface area contributed by atoms with Crippen molar-refractivity contribution in [2.75, 3.05) is 9.71 Å². The Balaban J connectivity index is 1.18. The molecule has 344 valence electrons. The smallest absolute Gasteiger partial charge is 0.333 e. The number of para-hydroxylation sites is 2. The molecule has 0 atom stereocenters. The molecule has 0 spiro atoms. The second-order valence-corrected chi connectivity index (χ2v) is 26.9. The van der Waals surface area contributed by atoms with Crippen LogP contribution in [0.4, 0.5) is 28.4 Å². The first-order valence-corrected chi connectivity index (χ1v) is 26.8. The SMILES string of the molecule is Cc1cc2c(cc1N1c3cc4c(cc3B3c5c(cc6c(c51)C(C)(C)c1ccccc1-6)-c1cccc5c1N3c1ccccc1C5(C)C)sc1cc3c(cc14)C(C)(C)CCC3(C)C)C(C)(C)CCC2(C)C. The molecule has 0 N–H and O–H groups in total. The van der Waals surface area contributed by atoms with Crippen LogP contribution < -0.4 is 20.6 Å². The van der Waals surface area contributed by atoms with Gasteiger partial charge >= 0.3 is 6.85 Å². The number of thiophene rings is 1. The molecule has 2 nitrogen and oxygen atoms in total. The van der Waals surface area contributed by atoms with Gasteiger partial charge in [-0.3, -0.25) is 0 Å². The number of aryl methyl sites for hydroxylation is 1. The lowest BCUT2D eigenvalue weighted by Gasteiger charge is -2.52. The van der Waals surface area contributed by atoms with E-state index in [1.807, 2.05) is 11.3 Å². The molecule has 0 saturated carbocycles. The molecule has 0 radical (unpaired) electrons. The maximum absolute atomic E-state index is 2.83. The van der Waals surface area contributed by atoms with Gasteiger partial charge in [-0.1, -0.05) is 150 Å². The van der Waals surface area contributed by atoms with Crippen molar-refractivity contribution in [3.8, 4) is 22.3 Å². The fourth-order valence-corrected chi connectivity index (χ4v) is 16.1. The third kappa shape index (κ3) is 5.25. The minimum absolute atomic E-state index is 0.0500. The molecule has 0 bridgehead atoms. The van der Waals surface area contributed by atoms with Crippen molar-refractivity contribution >= 4 is 77.7 Å². The van der Waals surface area contributed by atoms with Gasteiger partial charge in [-0.25, -0.2) is 0 Å². The molecule has 4 heteroatoms. The summed E-state index contributed by atoms with van der Waals surface area (Å²) in [6.07, 6.45) is 4.79. The second-order valence-electron chi connectivity index (χ2n) is 25.9. The number of anilines is 5. The summed E-state index contributed by atoms with van der Waals surface area (Å²) < 4.78 is 2.80. The van der Waals surface area contributed by atoms with Crippen LogP contribution in [0.25, 0.3) is 42.4 Å². The molecule has 0 saturated heterocycles. The topological polar surface area (TPSA) is 6.48 Å². The lowest BCUT2D eigenvalue weighted by atomic mass is 9.42. The minimum atomic E-state index is -0.249. The van der Waals surface area contributed by atoms with E-state index in [-0.39, 0.29) is 39.3 Å². The molecule has 69 heavy (non-hydrogen) atoms. The Kier molecular flexibility index (Phi) is 7.99. The van der Waals surface area contributed by atoms with E-state index in [2.05, 4.69) is 209 Å². The zero-order chi connectivity index (χ0) is 47.9. The first-order chi connectivity index (χ1) is 32.6. The highest BCUT2D eigenvalue weighted by molar-refractivity contribution is 7.26. The highest BCUT2D eigenvalue weighted by Gasteiger charge is 2.54. The predicted octanol–water partition coefficient (Wildman–Crippen LogP) is 16.7. The van der Waals surface area contributed by atoms with Crippen molar-refractivity contribution in [2.24, 2.45) is 0 Å².